The Hall–Kier alpha value is -2.34. The van der Waals surface area contributed by atoms with Crippen LogP contribution in [0.3, 0.4) is 0 Å². The molecule has 0 saturated heterocycles. The van der Waals surface area contributed by atoms with Gasteiger partial charge >= 0.3 is 6.08 Å². The van der Waals surface area contributed by atoms with Crippen LogP contribution in [0.5, 0.6) is 0 Å². The molecule has 0 aliphatic carbocycles. The van der Waals surface area contributed by atoms with Crippen LogP contribution in [0.2, 0.25) is 0 Å². The molecule has 1 heterocycles. The van der Waals surface area contributed by atoms with Crippen LogP contribution in [-0.4, -0.2) is 32.5 Å². The molecular weight excluding hydrogens is 338 g/mol. The maximum atomic E-state index is 12.5. The van der Waals surface area contributed by atoms with Gasteiger partial charge in [0, 0.05) is 0 Å². The molecule has 1 unspecified atom stereocenters. The first-order valence-electron chi connectivity index (χ1n) is 8.03. The van der Waals surface area contributed by atoms with Crippen molar-refractivity contribution in [3.63, 3.8) is 0 Å². The van der Waals surface area contributed by atoms with E-state index >= 15 is 0 Å². The number of ether oxygens (including phenoxy) is 2. The van der Waals surface area contributed by atoms with E-state index in [0.717, 1.165) is 16.7 Å². The zero-order valence-electron chi connectivity index (χ0n) is 14.5. The average molecular weight is 359 g/mol. The second-order valence-electron chi connectivity index (χ2n) is 6.54. The minimum Gasteiger partial charge on any atom is -0.453 e. The first-order valence-corrected chi connectivity index (χ1v) is 9.53. The van der Waals surface area contributed by atoms with Gasteiger partial charge in [-0.15, -0.1) is 0 Å². The molecule has 0 radical (unpaired) electrons. The van der Waals surface area contributed by atoms with Gasteiger partial charge in [-0.2, -0.15) is 0 Å². The molecule has 0 amide bonds. The standard InChI is InChI=1S/C19H21NO4S/c1-19(2)17(25(21,22)20-18(23-3)24-19)13-14-9-11-16(12-10-14)15-7-5-4-6-8-15/h4-12,17H,13H2,1-3H3. The summed E-state index contributed by atoms with van der Waals surface area (Å²) in [5.74, 6) is 0. The lowest BCUT2D eigenvalue weighted by Gasteiger charge is -2.35. The summed E-state index contributed by atoms with van der Waals surface area (Å²) in [6.45, 7) is 3.47. The third-order valence-corrected chi connectivity index (χ3v) is 6.20. The van der Waals surface area contributed by atoms with Crippen molar-refractivity contribution in [3.05, 3.63) is 60.2 Å². The Morgan fingerprint density at radius 2 is 1.64 bits per heavy atom. The number of sulfonamides is 1. The number of benzene rings is 2. The Kier molecular flexibility index (Phi) is 4.56. The molecule has 132 valence electrons. The Labute approximate surface area is 148 Å². The van der Waals surface area contributed by atoms with Crippen LogP contribution in [0.15, 0.2) is 59.0 Å². The summed E-state index contributed by atoms with van der Waals surface area (Å²) in [5, 5.41) is -0.776. The van der Waals surface area contributed by atoms with Crippen molar-refractivity contribution in [2.75, 3.05) is 7.11 Å². The molecule has 1 atom stereocenters. The maximum absolute atomic E-state index is 12.5. The normalized spacial score (nSPS) is 21.1. The van der Waals surface area contributed by atoms with Gasteiger partial charge in [0.2, 0.25) is 0 Å². The minimum absolute atomic E-state index is 0.208. The SMILES string of the molecule is COC1=NS(=O)(=O)C(Cc2ccc(-c3ccccc3)cc2)C(C)(C)O1. The van der Waals surface area contributed by atoms with Gasteiger partial charge in [0.15, 0.2) is 0 Å². The molecule has 0 saturated carbocycles. The van der Waals surface area contributed by atoms with E-state index in [0.29, 0.717) is 6.42 Å². The van der Waals surface area contributed by atoms with E-state index < -0.39 is 20.9 Å². The molecule has 0 aromatic heterocycles. The molecule has 0 bridgehead atoms. The van der Waals surface area contributed by atoms with Crippen molar-refractivity contribution in [1.82, 2.24) is 0 Å². The van der Waals surface area contributed by atoms with Crippen molar-refractivity contribution in [2.24, 2.45) is 4.40 Å². The van der Waals surface area contributed by atoms with Gasteiger partial charge in [-0.3, -0.25) is 0 Å². The largest absolute Gasteiger partial charge is 0.453 e. The smallest absolute Gasteiger partial charge is 0.399 e. The summed E-state index contributed by atoms with van der Waals surface area (Å²) < 4.78 is 39.1. The van der Waals surface area contributed by atoms with Crippen molar-refractivity contribution in [2.45, 2.75) is 31.1 Å². The molecule has 25 heavy (non-hydrogen) atoms. The number of hydrogen-bond acceptors (Lipinski definition) is 4. The van der Waals surface area contributed by atoms with Crippen LogP contribution in [0, 0.1) is 0 Å². The monoisotopic (exact) mass is 359 g/mol. The first kappa shape index (κ1) is 17.5. The summed E-state index contributed by atoms with van der Waals surface area (Å²) in [4.78, 5) is 0. The molecule has 0 spiro atoms. The van der Waals surface area contributed by atoms with E-state index in [1.165, 1.54) is 7.11 Å². The molecule has 0 N–H and O–H groups in total. The minimum atomic E-state index is -3.71. The highest BCUT2D eigenvalue weighted by Gasteiger charge is 2.46. The van der Waals surface area contributed by atoms with Gasteiger partial charge in [0.1, 0.15) is 10.9 Å². The molecule has 0 fully saturated rings. The fourth-order valence-electron chi connectivity index (χ4n) is 2.94. The third kappa shape index (κ3) is 3.69. The van der Waals surface area contributed by atoms with Crippen molar-refractivity contribution in [3.8, 4) is 11.1 Å². The molecule has 1 aliphatic heterocycles. The Morgan fingerprint density at radius 1 is 1.04 bits per heavy atom. The zero-order valence-corrected chi connectivity index (χ0v) is 15.3. The predicted octanol–water partition coefficient (Wildman–Crippen LogP) is 3.41. The van der Waals surface area contributed by atoms with E-state index in [4.69, 9.17) is 9.47 Å². The highest BCUT2D eigenvalue weighted by molar-refractivity contribution is 7.91. The summed E-state index contributed by atoms with van der Waals surface area (Å²) in [5.41, 5.74) is 2.20. The van der Waals surface area contributed by atoms with Gasteiger partial charge in [-0.1, -0.05) is 59.0 Å². The van der Waals surface area contributed by atoms with E-state index in [-0.39, 0.29) is 6.08 Å². The number of nitrogens with zero attached hydrogens (tertiary/aromatic N) is 1. The Morgan fingerprint density at radius 3 is 2.20 bits per heavy atom. The Bertz CT molecular complexity index is 871. The number of hydrogen-bond donors (Lipinski definition) is 0. The first-order chi connectivity index (χ1) is 11.8. The van der Waals surface area contributed by atoms with Crippen LogP contribution in [-0.2, 0) is 25.9 Å². The van der Waals surface area contributed by atoms with Crippen LogP contribution in [0.4, 0.5) is 0 Å². The van der Waals surface area contributed by atoms with Crippen molar-refractivity contribution >= 4 is 16.1 Å². The lowest BCUT2D eigenvalue weighted by molar-refractivity contribution is 0.0445. The lowest BCUT2D eigenvalue weighted by Crippen LogP contribution is -2.50. The molecular formula is C19H21NO4S. The molecule has 2 aromatic carbocycles. The van der Waals surface area contributed by atoms with E-state index in [9.17, 15) is 8.42 Å². The molecule has 3 rings (SSSR count). The quantitative estimate of drug-likeness (QED) is 0.842. The van der Waals surface area contributed by atoms with E-state index in [1.54, 1.807) is 13.8 Å². The molecule has 2 aromatic rings. The lowest BCUT2D eigenvalue weighted by atomic mass is 9.96. The molecule has 1 aliphatic rings. The van der Waals surface area contributed by atoms with Gasteiger partial charge in [0.05, 0.1) is 7.11 Å². The maximum Gasteiger partial charge on any atom is 0.399 e. The van der Waals surface area contributed by atoms with Crippen molar-refractivity contribution in [1.29, 1.82) is 0 Å². The number of rotatable bonds is 3. The highest BCUT2D eigenvalue weighted by Crippen LogP contribution is 2.31. The van der Waals surface area contributed by atoms with Crippen LogP contribution >= 0.6 is 0 Å². The summed E-state index contributed by atoms with van der Waals surface area (Å²) in [6, 6.07) is 17.9. The second kappa shape index (κ2) is 6.52. The van der Waals surface area contributed by atoms with Gasteiger partial charge in [-0.25, -0.2) is 8.42 Å². The average Bonchev–Trinajstić information content (AvgIpc) is 2.59. The third-order valence-electron chi connectivity index (χ3n) is 4.34. The summed E-state index contributed by atoms with van der Waals surface area (Å²) in [6.07, 6.45) is 0.117. The van der Waals surface area contributed by atoms with Gasteiger partial charge < -0.3 is 9.47 Å². The van der Waals surface area contributed by atoms with Gasteiger partial charge in [0.25, 0.3) is 10.0 Å². The van der Waals surface area contributed by atoms with Crippen LogP contribution in [0.25, 0.3) is 11.1 Å². The predicted molar refractivity (Wildman–Crippen MR) is 97.9 cm³/mol. The molecule has 6 heteroatoms. The van der Waals surface area contributed by atoms with Crippen LogP contribution in [0.1, 0.15) is 19.4 Å². The summed E-state index contributed by atoms with van der Waals surface area (Å²) >= 11 is 0. The van der Waals surface area contributed by atoms with E-state index in [1.807, 2.05) is 54.6 Å². The topological polar surface area (TPSA) is 65.0 Å². The fourth-order valence-corrected chi connectivity index (χ4v) is 4.56. The highest BCUT2D eigenvalue weighted by atomic mass is 32.2. The van der Waals surface area contributed by atoms with Crippen molar-refractivity contribution < 1.29 is 17.9 Å². The van der Waals surface area contributed by atoms with Crippen LogP contribution < -0.4 is 0 Å². The van der Waals surface area contributed by atoms with E-state index in [2.05, 4.69) is 4.40 Å². The zero-order chi connectivity index (χ0) is 18.1. The second-order valence-corrected chi connectivity index (χ2v) is 8.32. The molecule has 5 nitrogen and oxygen atoms in total. The Balaban J connectivity index is 1.85. The summed E-state index contributed by atoms with van der Waals surface area (Å²) in [7, 11) is -2.37. The van der Waals surface area contributed by atoms with Gasteiger partial charge in [-0.05, 0) is 37.0 Å². The number of methoxy groups -OCH3 is 1. The fraction of sp³-hybridized carbons (Fsp3) is 0.316.